The summed E-state index contributed by atoms with van der Waals surface area (Å²) in [6.07, 6.45) is 20.2. The Morgan fingerprint density at radius 2 is 0.816 bits per heavy atom. The Labute approximate surface area is 236 Å². The predicted molar refractivity (Wildman–Crippen MR) is 160 cm³/mol. The molecule has 0 heterocycles. The molecule has 0 aliphatic heterocycles. The summed E-state index contributed by atoms with van der Waals surface area (Å²) in [4.78, 5) is 25.0. The first kappa shape index (κ1) is 35.0. The first-order valence-corrected chi connectivity index (χ1v) is 16.6. The molecule has 1 aliphatic carbocycles. The number of rotatable bonds is 22. The van der Waals surface area contributed by atoms with Crippen LogP contribution in [0.3, 0.4) is 0 Å². The Kier molecular flexibility index (Phi) is 20.0. The van der Waals surface area contributed by atoms with Crippen molar-refractivity contribution in [3.63, 3.8) is 0 Å². The second kappa shape index (κ2) is 21.7. The van der Waals surface area contributed by atoms with Gasteiger partial charge in [-0.05, 0) is 75.0 Å². The maximum atomic E-state index is 12.5. The molecule has 4 atom stereocenters. The molecule has 4 heteroatoms. The van der Waals surface area contributed by atoms with Gasteiger partial charge in [-0.2, -0.15) is 0 Å². The topological polar surface area (TPSA) is 52.6 Å². The zero-order chi connectivity index (χ0) is 28.2. The molecule has 0 saturated heterocycles. The SMILES string of the molecule is CCCCCC(C)C(C)CCCCOC(=O)C1CCC(C(=O)OCCCCC(C)C(C)CCCCC)CC1. The molecule has 1 aliphatic rings. The third-order valence-corrected chi connectivity index (χ3v) is 9.46. The van der Waals surface area contributed by atoms with Crippen molar-refractivity contribution in [2.24, 2.45) is 35.5 Å². The second-order valence-corrected chi connectivity index (χ2v) is 12.8. The minimum Gasteiger partial charge on any atom is -0.465 e. The number of carbonyl (C=O) groups excluding carboxylic acids is 2. The molecule has 0 bridgehead atoms. The third-order valence-electron chi connectivity index (χ3n) is 9.46. The van der Waals surface area contributed by atoms with Gasteiger partial charge in [0.2, 0.25) is 0 Å². The number of carbonyl (C=O) groups is 2. The Morgan fingerprint density at radius 3 is 1.11 bits per heavy atom. The van der Waals surface area contributed by atoms with Crippen LogP contribution in [0.2, 0.25) is 0 Å². The van der Waals surface area contributed by atoms with E-state index in [4.69, 9.17) is 9.47 Å². The number of hydrogen-bond acceptors (Lipinski definition) is 4. The summed E-state index contributed by atoms with van der Waals surface area (Å²) in [5.41, 5.74) is 0. The Morgan fingerprint density at radius 1 is 0.526 bits per heavy atom. The molecule has 4 nitrogen and oxygen atoms in total. The summed E-state index contributed by atoms with van der Waals surface area (Å²) in [6, 6.07) is 0. The quantitative estimate of drug-likeness (QED) is 0.102. The highest BCUT2D eigenvalue weighted by molar-refractivity contribution is 5.75. The monoisotopic (exact) mass is 536 g/mol. The summed E-state index contributed by atoms with van der Waals surface area (Å²) in [7, 11) is 0. The van der Waals surface area contributed by atoms with Gasteiger partial charge in [0.15, 0.2) is 0 Å². The minimum absolute atomic E-state index is 0.0441. The van der Waals surface area contributed by atoms with Gasteiger partial charge in [0.05, 0.1) is 25.0 Å². The minimum atomic E-state index is -0.0594. The molecule has 0 amide bonds. The van der Waals surface area contributed by atoms with E-state index in [1.165, 1.54) is 64.2 Å². The fourth-order valence-electron chi connectivity index (χ4n) is 5.85. The van der Waals surface area contributed by atoms with E-state index >= 15 is 0 Å². The van der Waals surface area contributed by atoms with E-state index in [9.17, 15) is 9.59 Å². The van der Waals surface area contributed by atoms with E-state index < -0.39 is 0 Å². The van der Waals surface area contributed by atoms with Gasteiger partial charge >= 0.3 is 11.9 Å². The van der Waals surface area contributed by atoms with Crippen LogP contribution >= 0.6 is 0 Å². The van der Waals surface area contributed by atoms with Gasteiger partial charge in [-0.15, -0.1) is 0 Å². The fourth-order valence-corrected chi connectivity index (χ4v) is 5.85. The number of hydrogen-bond donors (Lipinski definition) is 0. The summed E-state index contributed by atoms with van der Waals surface area (Å²) in [5.74, 6) is 2.84. The molecule has 0 aromatic heterocycles. The summed E-state index contributed by atoms with van der Waals surface area (Å²) < 4.78 is 11.2. The highest BCUT2D eigenvalue weighted by Crippen LogP contribution is 2.31. The predicted octanol–water partition coefficient (Wildman–Crippen LogP) is 9.92. The van der Waals surface area contributed by atoms with Crippen LogP contribution in [0.25, 0.3) is 0 Å². The van der Waals surface area contributed by atoms with Crippen LogP contribution in [-0.2, 0) is 19.1 Å². The van der Waals surface area contributed by atoms with Crippen molar-refractivity contribution >= 4 is 11.9 Å². The normalized spacial score (nSPS) is 20.9. The number of ether oxygens (including phenoxy) is 2. The highest BCUT2D eigenvalue weighted by Gasteiger charge is 2.31. The molecule has 38 heavy (non-hydrogen) atoms. The largest absolute Gasteiger partial charge is 0.465 e. The average molecular weight is 537 g/mol. The van der Waals surface area contributed by atoms with Crippen LogP contribution < -0.4 is 0 Å². The van der Waals surface area contributed by atoms with Crippen LogP contribution in [-0.4, -0.2) is 25.2 Å². The van der Waals surface area contributed by atoms with Gasteiger partial charge < -0.3 is 9.47 Å². The molecule has 0 aromatic carbocycles. The summed E-state index contributed by atoms with van der Waals surface area (Å²) in [5, 5.41) is 0. The van der Waals surface area contributed by atoms with Crippen molar-refractivity contribution in [3.05, 3.63) is 0 Å². The van der Waals surface area contributed by atoms with Crippen LogP contribution in [0.15, 0.2) is 0 Å². The highest BCUT2D eigenvalue weighted by atomic mass is 16.5. The molecule has 0 aromatic rings. The van der Waals surface area contributed by atoms with Gasteiger partial charge in [0.1, 0.15) is 0 Å². The molecule has 0 spiro atoms. The summed E-state index contributed by atoms with van der Waals surface area (Å²) >= 11 is 0. The first-order chi connectivity index (χ1) is 18.3. The summed E-state index contributed by atoms with van der Waals surface area (Å²) in [6.45, 7) is 15.1. The molecule has 1 rings (SSSR count). The Balaban J connectivity index is 2.09. The van der Waals surface area contributed by atoms with Crippen molar-refractivity contribution in [1.82, 2.24) is 0 Å². The van der Waals surface area contributed by atoms with Gasteiger partial charge in [0, 0.05) is 0 Å². The van der Waals surface area contributed by atoms with Gasteiger partial charge in [-0.1, -0.05) is 106 Å². The lowest BCUT2D eigenvalue weighted by Gasteiger charge is -2.26. The van der Waals surface area contributed by atoms with E-state index in [-0.39, 0.29) is 23.8 Å². The molecule has 224 valence electrons. The van der Waals surface area contributed by atoms with E-state index in [1.54, 1.807) is 0 Å². The average Bonchev–Trinajstić information content (AvgIpc) is 2.92. The lowest BCUT2D eigenvalue weighted by atomic mass is 9.82. The molecule has 4 unspecified atom stereocenters. The van der Waals surface area contributed by atoms with E-state index in [1.807, 2.05) is 0 Å². The van der Waals surface area contributed by atoms with E-state index in [0.717, 1.165) is 75.0 Å². The zero-order valence-corrected chi connectivity index (χ0v) is 26.2. The molecular formula is C34H64O4. The van der Waals surface area contributed by atoms with Crippen LogP contribution in [0, 0.1) is 35.5 Å². The Hall–Kier alpha value is -1.06. The molecule has 0 N–H and O–H groups in total. The van der Waals surface area contributed by atoms with Crippen LogP contribution in [0.4, 0.5) is 0 Å². The van der Waals surface area contributed by atoms with E-state index in [2.05, 4.69) is 41.5 Å². The molecule has 0 radical (unpaired) electrons. The van der Waals surface area contributed by atoms with Crippen molar-refractivity contribution in [2.75, 3.05) is 13.2 Å². The zero-order valence-electron chi connectivity index (χ0n) is 26.2. The Bertz CT molecular complexity index is 543. The molecule has 1 fully saturated rings. The fraction of sp³-hybridized carbons (Fsp3) is 0.941. The van der Waals surface area contributed by atoms with Crippen molar-refractivity contribution in [2.45, 2.75) is 157 Å². The van der Waals surface area contributed by atoms with Gasteiger partial charge in [0.25, 0.3) is 0 Å². The van der Waals surface area contributed by atoms with Crippen molar-refractivity contribution < 1.29 is 19.1 Å². The lowest BCUT2D eigenvalue weighted by molar-refractivity contribution is -0.155. The maximum Gasteiger partial charge on any atom is 0.308 e. The van der Waals surface area contributed by atoms with Gasteiger partial charge in [-0.3, -0.25) is 9.59 Å². The smallest absolute Gasteiger partial charge is 0.308 e. The van der Waals surface area contributed by atoms with Crippen LogP contribution in [0.1, 0.15) is 157 Å². The van der Waals surface area contributed by atoms with Gasteiger partial charge in [-0.25, -0.2) is 0 Å². The first-order valence-electron chi connectivity index (χ1n) is 16.6. The third kappa shape index (κ3) is 15.5. The van der Waals surface area contributed by atoms with E-state index in [0.29, 0.717) is 13.2 Å². The standard InChI is InChI=1S/C34H64O4/c1-7-9-11-17-27(3)29(5)19-13-15-25-37-33(35)31-21-23-32(24-22-31)34(36)38-26-16-14-20-30(6)28(4)18-12-10-8-2/h27-32H,7-26H2,1-6H3. The number of esters is 2. The van der Waals surface area contributed by atoms with Crippen LogP contribution in [0.5, 0.6) is 0 Å². The van der Waals surface area contributed by atoms with Crippen molar-refractivity contribution in [1.29, 1.82) is 0 Å². The van der Waals surface area contributed by atoms with Crippen molar-refractivity contribution in [3.8, 4) is 0 Å². The maximum absolute atomic E-state index is 12.5. The molecular weight excluding hydrogens is 472 g/mol. The second-order valence-electron chi connectivity index (χ2n) is 12.8. The lowest BCUT2D eigenvalue weighted by Crippen LogP contribution is -2.28. The number of unbranched alkanes of at least 4 members (excludes halogenated alkanes) is 6. The molecule has 1 saturated carbocycles.